The van der Waals surface area contributed by atoms with E-state index in [1.807, 2.05) is 6.08 Å². The molecule has 0 aliphatic carbocycles. The van der Waals surface area contributed by atoms with Gasteiger partial charge in [-0.15, -0.1) is 0 Å². The van der Waals surface area contributed by atoms with E-state index < -0.39 is 20.0 Å². The van der Waals surface area contributed by atoms with Gasteiger partial charge in [0.1, 0.15) is 0 Å². The van der Waals surface area contributed by atoms with Crippen LogP contribution in [0, 0.1) is 0 Å². The number of phosphoric ester groups is 1. The quantitative estimate of drug-likeness (QED) is 0.0290. The fraction of sp³-hybridized carbons (Fsp3) is 0.643. The fourth-order valence-corrected chi connectivity index (χ4v) is 5.73. The Bertz CT molecular complexity index is 1070. The molecule has 3 atom stereocenters. The zero-order chi connectivity index (χ0) is 37.5. The maximum Gasteiger partial charge on any atom is 0.472 e. The summed E-state index contributed by atoms with van der Waals surface area (Å²) in [6.07, 6.45) is 49.2. The largest absolute Gasteiger partial charge is 0.472 e. The molecule has 0 aromatic heterocycles. The van der Waals surface area contributed by atoms with Crippen molar-refractivity contribution in [2.45, 2.75) is 154 Å². The lowest BCUT2D eigenvalue weighted by molar-refractivity contribution is -0.123. The molecule has 0 spiro atoms. The molecule has 1 amide bonds. The van der Waals surface area contributed by atoms with Gasteiger partial charge in [0, 0.05) is 13.0 Å². The number of aliphatic hydroxyl groups is 1. The Morgan fingerprint density at radius 3 is 1.75 bits per heavy atom. The van der Waals surface area contributed by atoms with E-state index in [0.29, 0.717) is 6.42 Å². The summed E-state index contributed by atoms with van der Waals surface area (Å²) in [4.78, 5) is 22.6. The highest BCUT2D eigenvalue weighted by molar-refractivity contribution is 7.47. The number of rotatable bonds is 35. The second-order valence-corrected chi connectivity index (χ2v) is 14.2. The van der Waals surface area contributed by atoms with Gasteiger partial charge in [-0.1, -0.05) is 137 Å². The number of aliphatic hydroxyl groups excluding tert-OH is 1. The highest BCUT2D eigenvalue weighted by Gasteiger charge is 2.26. The minimum absolute atomic E-state index is 0.0603. The van der Waals surface area contributed by atoms with E-state index in [-0.39, 0.29) is 32.1 Å². The minimum Gasteiger partial charge on any atom is -0.387 e. The van der Waals surface area contributed by atoms with Gasteiger partial charge in [0.2, 0.25) is 5.91 Å². The molecule has 0 saturated carbocycles. The van der Waals surface area contributed by atoms with E-state index in [1.165, 1.54) is 51.4 Å². The smallest absolute Gasteiger partial charge is 0.387 e. The van der Waals surface area contributed by atoms with Crippen LogP contribution in [0.5, 0.6) is 0 Å². The van der Waals surface area contributed by atoms with Crippen LogP contribution in [0.1, 0.15) is 142 Å². The van der Waals surface area contributed by atoms with E-state index >= 15 is 0 Å². The molecule has 0 radical (unpaired) electrons. The number of hydrogen-bond acceptors (Lipinski definition) is 6. The van der Waals surface area contributed by atoms with Gasteiger partial charge in [0.25, 0.3) is 0 Å². The Labute approximate surface area is 311 Å². The van der Waals surface area contributed by atoms with E-state index in [1.54, 1.807) is 6.08 Å². The predicted molar refractivity (Wildman–Crippen MR) is 216 cm³/mol. The SMILES string of the molecule is CC/C=C\C/C=C\C/C=C\C/C=C\CCCCC(=O)NC(COP(=O)(O)OCCN)C(O)/C=C/CC/C=C/CC/C=C/CCCCCCCCC. The Morgan fingerprint density at radius 1 is 0.667 bits per heavy atom. The molecule has 5 N–H and O–H groups in total. The second kappa shape index (κ2) is 37.4. The van der Waals surface area contributed by atoms with Crippen molar-refractivity contribution in [1.29, 1.82) is 0 Å². The van der Waals surface area contributed by atoms with E-state index in [9.17, 15) is 19.4 Å². The lowest BCUT2D eigenvalue weighted by atomic mass is 10.1. The van der Waals surface area contributed by atoms with Crippen molar-refractivity contribution >= 4 is 13.7 Å². The van der Waals surface area contributed by atoms with Crippen molar-refractivity contribution in [1.82, 2.24) is 5.32 Å². The summed E-state index contributed by atoms with van der Waals surface area (Å²) in [6, 6.07) is -0.909. The van der Waals surface area contributed by atoms with Crippen molar-refractivity contribution in [2.24, 2.45) is 5.73 Å². The normalized spacial score (nSPS) is 15.2. The Balaban J connectivity index is 4.48. The van der Waals surface area contributed by atoms with Gasteiger partial charge in [-0.3, -0.25) is 13.8 Å². The van der Waals surface area contributed by atoms with Crippen LogP contribution in [0.2, 0.25) is 0 Å². The molecule has 3 unspecified atom stereocenters. The molecular weight excluding hydrogens is 659 g/mol. The predicted octanol–water partition coefficient (Wildman–Crippen LogP) is 10.7. The maximum absolute atomic E-state index is 12.7. The Kier molecular flexibility index (Phi) is 35.7. The summed E-state index contributed by atoms with van der Waals surface area (Å²) < 4.78 is 22.0. The van der Waals surface area contributed by atoms with Crippen LogP contribution in [0.3, 0.4) is 0 Å². The number of carbonyl (C=O) groups is 1. The van der Waals surface area contributed by atoms with Gasteiger partial charge < -0.3 is 21.1 Å². The molecule has 9 heteroatoms. The molecule has 0 aromatic carbocycles. The first-order valence-electron chi connectivity index (χ1n) is 19.7. The number of unbranched alkanes of at least 4 members (excludes halogenated alkanes) is 11. The average Bonchev–Trinajstić information content (AvgIpc) is 3.12. The summed E-state index contributed by atoms with van der Waals surface area (Å²) in [6.45, 7) is 3.92. The molecule has 0 rings (SSSR count). The van der Waals surface area contributed by atoms with Crippen LogP contribution >= 0.6 is 7.82 Å². The second-order valence-electron chi connectivity index (χ2n) is 12.7. The first kappa shape index (κ1) is 48.7. The topological polar surface area (TPSA) is 131 Å². The molecule has 0 heterocycles. The Hall–Kier alpha value is -2.32. The molecule has 51 heavy (non-hydrogen) atoms. The summed E-state index contributed by atoms with van der Waals surface area (Å²) in [5.74, 6) is -0.253. The summed E-state index contributed by atoms with van der Waals surface area (Å²) in [7, 11) is -4.36. The van der Waals surface area contributed by atoms with Crippen LogP contribution in [0.25, 0.3) is 0 Å². The van der Waals surface area contributed by atoms with E-state index in [4.69, 9.17) is 14.8 Å². The third-order valence-electron chi connectivity index (χ3n) is 7.93. The molecule has 0 fully saturated rings. The summed E-state index contributed by atoms with van der Waals surface area (Å²) in [5, 5.41) is 13.6. The molecule has 0 bridgehead atoms. The lowest BCUT2D eigenvalue weighted by Crippen LogP contribution is -2.45. The highest BCUT2D eigenvalue weighted by atomic mass is 31.2. The zero-order valence-electron chi connectivity index (χ0n) is 32.1. The lowest BCUT2D eigenvalue weighted by Gasteiger charge is -2.23. The van der Waals surface area contributed by atoms with Gasteiger partial charge >= 0.3 is 7.82 Å². The number of carbonyl (C=O) groups excluding carboxylic acids is 1. The Morgan fingerprint density at radius 2 is 1.16 bits per heavy atom. The van der Waals surface area contributed by atoms with Crippen molar-refractivity contribution in [3.63, 3.8) is 0 Å². The van der Waals surface area contributed by atoms with Gasteiger partial charge in [0.05, 0.1) is 25.4 Å². The van der Waals surface area contributed by atoms with Crippen LogP contribution in [0.15, 0.2) is 85.1 Å². The molecule has 292 valence electrons. The van der Waals surface area contributed by atoms with Crippen molar-refractivity contribution in [2.75, 3.05) is 19.8 Å². The first-order chi connectivity index (χ1) is 24.9. The van der Waals surface area contributed by atoms with Gasteiger partial charge in [-0.25, -0.2) is 4.57 Å². The third kappa shape index (κ3) is 35.9. The van der Waals surface area contributed by atoms with Crippen LogP contribution in [-0.2, 0) is 18.4 Å². The van der Waals surface area contributed by atoms with Crippen LogP contribution in [0.4, 0.5) is 0 Å². The molecular formula is C42H73N2O6P. The number of phosphoric acid groups is 1. The summed E-state index contributed by atoms with van der Waals surface area (Å²) >= 11 is 0. The van der Waals surface area contributed by atoms with Crippen molar-refractivity contribution < 1.29 is 28.4 Å². The number of nitrogens with one attached hydrogen (secondary N) is 1. The maximum atomic E-state index is 12.7. The van der Waals surface area contributed by atoms with Gasteiger partial charge in [-0.05, 0) is 83.5 Å². The average molecular weight is 733 g/mol. The number of hydrogen-bond donors (Lipinski definition) is 4. The van der Waals surface area contributed by atoms with Crippen molar-refractivity contribution in [3.8, 4) is 0 Å². The fourth-order valence-electron chi connectivity index (χ4n) is 4.98. The van der Waals surface area contributed by atoms with Crippen LogP contribution in [-0.4, -0.2) is 47.8 Å². The molecule has 0 aliphatic rings. The number of allylic oxidation sites excluding steroid dienone is 13. The molecule has 8 nitrogen and oxygen atoms in total. The van der Waals surface area contributed by atoms with Crippen LogP contribution < -0.4 is 11.1 Å². The van der Waals surface area contributed by atoms with Crippen molar-refractivity contribution in [3.05, 3.63) is 85.1 Å². The molecule has 0 aromatic rings. The number of nitrogens with two attached hydrogens (primary N) is 1. The minimum atomic E-state index is -4.36. The van der Waals surface area contributed by atoms with Gasteiger partial charge in [0.15, 0.2) is 0 Å². The third-order valence-corrected chi connectivity index (χ3v) is 8.92. The highest BCUT2D eigenvalue weighted by Crippen LogP contribution is 2.43. The molecule has 0 saturated heterocycles. The summed E-state index contributed by atoms with van der Waals surface area (Å²) in [5.41, 5.74) is 5.35. The standard InChI is InChI=1S/C42H73N2O6P/c1-3-5-7-9-11-13-15-17-19-20-22-23-25-27-29-31-33-35-41(45)40(39-50-51(47,48)49-38-37-43)44-42(46)36-34-32-30-28-26-24-21-18-16-14-12-10-8-6-4-2/h6,8,12,14,18-21,25-28,33,35,40-41,45H,3-5,7,9-11,13,15-17,22-24,29-32,34,36-39,43H2,1-2H3,(H,44,46)(H,47,48)/b8-6-,14-12-,20-19+,21-18-,27-25+,28-26-,35-33+. The van der Waals surface area contributed by atoms with Gasteiger partial charge in [-0.2, -0.15) is 0 Å². The first-order valence-corrected chi connectivity index (χ1v) is 21.2. The monoisotopic (exact) mass is 733 g/mol. The molecule has 0 aliphatic heterocycles. The number of amides is 1. The van der Waals surface area contributed by atoms with E-state index in [2.05, 4.69) is 92.1 Å². The zero-order valence-corrected chi connectivity index (χ0v) is 32.9. The van der Waals surface area contributed by atoms with E-state index in [0.717, 1.165) is 64.2 Å².